The topological polar surface area (TPSA) is 312 Å². The molecule has 6 rings (SSSR count). The van der Waals surface area contributed by atoms with Crippen LogP contribution >= 0.6 is 23.4 Å². The Morgan fingerprint density at radius 2 is 1.66 bits per heavy atom. The van der Waals surface area contributed by atoms with Gasteiger partial charge in [-0.2, -0.15) is 11.8 Å². The van der Waals surface area contributed by atoms with Crippen LogP contribution in [0.25, 0.3) is 0 Å². The number of ether oxygens (including phenoxy) is 8. The number of carbonyl (C=O) groups excluding carboxylic acids is 9. The second-order valence-electron chi connectivity index (χ2n) is 23.3. The molecule has 9 atom stereocenters. The lowest BCUT2D eigenvalue weighted by Gasteiger charge is -2.42. The third-order valence-electron chi connectivity index (χ3n) is 16.3. The van der Waals surface area contributed by atoms with Gasteiger partial charge < -0.3 is 73.2 Å². The SMILES string of the molecule is COc1cc2cc(c1Cl)N(C)C(=O)C[C@H](OC(=O)[C@H](C)N(C)C(=O)CCOC(=O)N(C)CCN(C)C(=O)OCc1ccc(NC(=O)OC3/C=C/CCCCC3)c(NC(=O)CCNC(=O)CSC)c1)[C@]1(C)OC1[C@H](C)[C@@H]1C[C@@](O)(NC(=O)O1)[C@H](OC)/C=C/C=C(\C)C2. The molecule has 8 amide bonds. The van der Waals surface area contributed by atoms with E-state index in [1.165, 1.54) is 87.9 Å². The number of likely N-dealkylation sites (N-methyl/N-ethyl adjacent to an activating group) is 3. The number of hydrogen-bond acceptors (Lipinski definition) is 19. The lowest BCUT2D eigenvalue weighted by molar-refractivity contribution is -0.162. The van der Waals surface area contributed by atoms with Gasteiger partial charge in [0.25, 0.3) is 0 Å². The van der Waals surface area contributed by atoms with E-state index in [9.17, 15) is 48.3 Å². The summed E-state index contributed by atoms with van der Waals surface area (Å²) in [7, 11) is 8.65. The summed E-state index contributed by atoms with van der Waals surface area (Å²) in [6.07, 6.45) is 7.21. The van der Waals surface area contributed by atoms with Crippen LogP contribution in [0.2, 0.25) is 5.02 Å². The molecule has 0 aromatic heterocycles. The monoisotopic (exact) mass is 1310 g/mol. The molecule has 2 aromatic carbocycles. The van der Waals surface area contributed by atoms with Crippen LogP contribution < -0.4 is 30.9 Å². The third kappa shape index (κ3) is 20.5. The van der Waals surface area contributed by atoms with Gasteiger partial charge in [0.15, 0.2) is 5.72 Å². The number of anilines is 3. The maximum absolute atomic E-state index is 14.4. The Morgan fingerprint density at radius 1 is 0.934 bits per heavy atom. The first-order chi connectivity index (χ1) is 43.2. The Labute approximate surface area is 540 Å². The summed E-state index contributed by atoms with van der Waals surface area (Å²) < 4.78 is 46.0. The largest absolute Gasteiger partial charge is 0.495 e. The van der Waals surface area contributed by atoms with Gasteiger partial charge in [-0.1, -0.05) is 60.9 Å². The van der Waals surface area contributed by atoms with E-state index in [0.29, 0.717) is 29.8 Å². The van der Waals surface area contributed by atoms with E-state index in [1.54, 1.807) is 50.5 Å². The number of aliphatic hydroxyl groups is 1. The van der Waals surface area contributed by atoms with Gasteiger partial charge in [-0.15, -0.1) is 0 Å². The number of halogens is 1. The standard InChI is InChI=1S/C63H87ClN8O18S/c1-38-18-17-21-49(84-10)63(82)35-48(88-59(79)68-63)39(2)56-62(4,90-56)50(34-54(76)72(8)46-32-42(30-38)33-47(83-9)55(46)64)89-57(77)40(3)71(7)53(75)25-29-85-60(80)69(5)27-28-70(6)61(81)86-36-41-22-23-44(67-58(78)87-43-19-15-13-12-14-16-20-43)45(31-41)66-51(73)24-26-65-52(74)37-91-11/h15,17-19,21-23,31-33,39-40,43,48-50,56,82H,12-14,16,20,24-30,34-37H2,1-11H3,(H,65,74)(H,66,73)(H,67,78)(H,68,79)/b19-15+,21-17+,38-18+/t39-,40+,43?,48+,49-,50+,56?,62+,63+/m1/s1. The molecule has 2 aromatic rings. The Morgan fingerprint density at radius 3 is 2.36 bits per heavy atom. The van der Waals surface area contributed by atoms with Crippen molar-refractivity contribution >= 4 is 94.4 Å². The van der Waals surface area contributed by atoms with Gasteiger partial charge in [0.2, 0.25) is 23.6 Å². The summed E-state index contributed by atoms with van der Waals surface area (Å²) in [5.41, 5.74) is -0.429. The lowest BCUT2D eigenvalue weighted by Crippen LogP contribution is -2.63. The predicted molar refractivity (Wildman–Crippen MR) is 340 cm³/mol. The van der Waals surface area contributed by atoms with Crippen LogP contribution in [0.3, 0.4) is 0 Å². The molecule has 2 unspecified atom stereocenters. The number of alkyl carbamates (subject to hydrolysis) is 1. The van der Waals surface area contributed by atoms with Crippen LogP contribution in [0.1, 0.15) is 96.6 Å². The first-order valence-electron chi connectivity index (χ1n) is 30.1. The molecule has 28 heteroatoms. The second kappa shape index (κ2) is 33.6. The first-order valence-corrected chi connectivity index (χ1v) is 31.9. The molecule has 91 heavy (non-hydrogen) atoms. The van der Waals surface area contributed by atoms with Crippen molar-refractivity contribution in [2.45, 2.75) is 146 Å². The highest BCUT2D eigenvalue weighted by Crippen LogP contribution is 2.49. The third-order valence-corrected chi connectivity index (χ3v) is 17.3. The number of hydrogen-bond donors (Lipinski definition) is 5. The van der Waals surface area contributed by atoms with Gasteiger partial charge in [-0.05, 0) is 101 Å². The summed E-state index contributed by atoms with van der Waals surface area (Å²) in [5.74, 6) is -2.75. The maximum Gasteiger partial charge on any atom is 0.412 e. The van der Waals surface area contributed by atoms with Gasteiger partial charge in [-0.25, -0.2) is 24.0 Å². The molecule has 4 bridgehead atoms. The highest BCUT2D eigenvalue weighted by atomic mass is 35.5. The number of esters is 1. The zero-order valence-electron chi connectivity index (χ0n) is 53.6. The van der Waals surface area contributed by atoms with E-state index in [4.69, 9.17) is 49.5 Å². The Kier molecular flexibility index (Phi) is 26.8. The fraction of sp³-hybridized carbons (Fsp3) is 0.571. The van der Waals surface area contributed by atoms with Crippen molar-refractivity contribution in [3.05, 3.63) is 82.4 Å². The predicted octanol–water partition coefficient (Wildman–Crippen LogP) is 7.49. The van der Waals surface area contributed by atoms with Gasteiger partial charge in [0, 0.05) is 73.7 Å². The molecule has 1 aliphatic carbocycles. The second-order valence-corrected chi connectivity index (χ2v) is 24.5. The molecule has 0 radical (unpaired) electrons. The molecule has 500 valence electrons. The number of fused-ring (bicyclic) bond motifs is 5. The van der Waals surface area contributed by atoms with Crippen molar-refractivity contribution in [3.63, 3.8) is 0 Å². The number of benzene rings is 2. The number of epoxide rings is 1. The number of carbonyl (C=O) groups is 9. The van der Waals surface area contributed by atoms with Gasteiger partial charge in [-0.3, -0.25) is 29.8 Å². The molecule has 2 fully saturated rings. The van der Waals surface area contributed by atoms with Crippen molar-refractivity contribution in [1.82, 2.24) is 25.3 Å². The van der Waals surface area contributed by atoms with Crippen molar-refractivity contribution < 1.29 is 86.2 Å². The number of amides is 8. The molecule has 26 nitrogen and oxygen atoms in total. The van der Waals surface area contributed by atoms with Crippen molar-refractivity contribution in [1.29, 1.82) is 0 Å². The minimum atomic E-state index is -1.91. The van der Waals surface area contributed by atoms with Crippen LogP contribution in [0.15, 0.2) is 66.3 Å². The Hall–Kier alpha value is -7.59. The van der Waals surface area contributed by atoms with Gasteiger partial charge in [0.1, 0.15) is 60.0 Å². The minimum absolute atomic E-state index is 0.00298. The summed E-state index contributed by atoms with van der Waals surface area (Å²) in [6, 6.07) is 6.95. The summed E-state index contributed by atoms with van der Waals surface area (Å²) in [5, 5.41) is 22.7. The summed E-state index contributed by atoms with van der Waals surface area (Å²) in [4.78, 5) is 124. The molecule has 5 N–H and O–H groups in total. The number of nitrogens with zero attached hydrogens (tertiary/aromatic N) is 4. The average Bonchev–Trinajstić information content (AvgIpc) is 1.60. The lowest BCUT2D eigenvalue weighted by atomic mass is 9.83. The van der Waals surface area contributed by atoms with Crippen LogP contribution in [-0.2, 0) is 70.2 Å². The van der Waals surface area contributed by atoms with E-state index < -0.39 is 108 Å². The first kappa shape index (κ1) is 72.5. The van der Waals surface area contributed by atoms with Crippen molar-refractivity contribution in [3.8, 4) is 5.75 Å². The Bertz CT molecular complexity index is 3060. The Balaban J connectivity index is 1.03. The molecule has 3 aliphatic heterocycles. The van der Waals surface area contributed by atoms with Crippen LogP contribution in [0.4, 0.5) is 36.2 Å². The number of methoxy groups -OCH3 is 2. The smallest absolute Gasteiger partial charge is 0.412 e. The molecule has 0 saturated carbocycles. The minimum Gasteiger partial charge on any atom is -0.495 e. The molecule has 4 aliphatic rings. The molecular formula is C63H87ClN8O18S. The van der Waals surface area contributed by atoms with E-state index >= 15 is 0 Å². The van der Waals surface area contributed by atoms with E-state index in [-0.39, 0.29) is 80.2 Å². The molecular weight excluding hydrogens is 1220 g/mol. The normalized spacial score (nSPS) is 24.8. The number of thioether (sulfide) groups is 1. The van der Waals surface area contributed by atoms with Crippen LogP contribution in [0.5, 0.6) is 5.75 Å². The highest BCUT2D eigenvalue weighted by Gasteiger charge is 2.64. The van der Waals surface area contributed by atoms with E-state index in [1.807, 2.05) is 25.2 Å². The number of nitrogens with one attached hydrogen (secondary N) is 4. The molecule has 3 heterocycles. The van der Waals surface area contributed by atoms with Gasteiger partial charge in [0.05, 0.1) is 48.9 Å². The van der Waals surface area contributed by atoms with E-state index in [2.05, 4.69) is 21.3 Å². The summed E-state index contributed by atoms with van der Waals surface area (Å²) in [6.45, 7) is 6.18. The van der Waals surface area contributed by atoms with Crippen LogP contribution in [0, 0.1) is 5.92 Å². The number of allylic oxidation sites excluding steroid dienone is 4. The average molecular weight is 1310 g/mol. The quantitative estimate of drug-likeness (QED) is 0.0350. The van der Waals surface area contributed by atoms with Crippen molar-refractivity contribution in [2.75, 3.05) is 96.2 Å². The maximum atomic E-state index is 14.4. The van der Waals surface area contributed by atoms with E-state index in [0.717, 1.165) is 41.7 Å². The highest BCUT2D eigenvalue weighted by molar-refractivity contribution is 7.99. The van der Waals surface area contributed by atoms with Crippen LogP contribution in [-0.4, -0.2) is 202 Å². The van der Waals surface area contributed by atoms with Crippen molar-refractivity contribution in [2.24, 2.45) is 5.92 Å². The fourth-order valence-corrected chi connectivity index (χ4v) is 11.3. The zero-order valence-corrected chi connectivity index (χ0v) is 55.2. The zero-order chi connectivity index (χ0) is 66.7. The summed E-state index contributed by atoms with van der Waals surface area (Å²) >= 11 is 8.18. The molecule has 0 spiro atoms. The fourth-order valence-electron chi connectivity index (χ4n) is 10.6. The molecule has 2 saturated heterocycles. The number of rotatable bonds is 21. The van der Waals surface area contributed by atoms with Gasteiger partial charge >= 0.3 is 30.3 Å².